The molecule has 0 aliphatic rings. The van der Waals surface area contributed by atoms with Crippen molar-refractivity contribution < 1.29 is 13.2 Å². The molecule has 0 aliphatic carbocycles. The van der Waals surface area contributed by atoms with Crippen molar-refractivity contribution in [2.45, 2.75) is 11.8 Å². The van der Waals surface area contributed by atoms with Crippen LogP contribution in [-0.4, -0.2) is 25.5 Å². The zero-order chi connectivity index (χ0) is 17.2. The zero-order valence-corrected chi connectivity index (χ0v) is 14.1. The quantitative estimate of drug-likeness (QED) is 0.745. The first-order valence-corrected chi connectivity index (χ1v) is 8.74. The van der Waals surface area contributed by atoms with Gasteiger partial charge in [0.15, 0.2) is 0 Å². The van der Waals surface area contributed by atoms with Crippen LogP contribution in [0.2, 0.25) is 0 Å². The summed E-state index contributed by atoms with van der Waals surface area (Å²) in [6, 6.07) is 11.9. The number of anilines is 1. The minimum absolute atomic E-state index is 0.188. The molecule has 3 rings (SSSR count). The molecule has 0 spiro atoms. The van der Waals surface area contributed by atoms with Gasteiger partial charge in [0.25, 0.3) is 10.0 Å². The third kappa shape index (κ3) is 3.26. The summed E-state index contributed by atoms with van der Waals surface area (Å²) in [5, 5.41) is 0. The van der Waals surface area contributed by atoms with Gasteiger partial charge in [0.05, 0.1) is 30.2 Å². The number of ether oxygens (including phenoxy) is 1. The fraction of sp³-hybridized carbons (Fsp3) is 0.118. The molecule has 0 saturated heterocycles. The predicted octanol–water partition coefficient (Wildman–Crippen LogP) is 3.19. The normalized spacial score (nSPS) is 11.2. The van der Waals surface area contributed by atoms with Crippen LogP contribution in [0, 0.1) is 6.92 Å². The molecule has 6 nitrogen and oxygen atoms in total. The number of imidazole rings is 1. The maximum atomic E-state index is 12.6. The Morgan fingerprint density at radius 2 is 2.00 bits per heavy atom. The first-order valence-electron chi connectivity index (χ1n) is 7.26. The van der Waals surface area contributed by atoms with Gasteiger partial charge in [0.2, 0.25) is 0 Å². The maximum Gasteiger partial charge on any atom is 0.261 e. The summed E-state index contributed by atoms with van der Waals surface area (Å²) in [4.78, 5) is 7.15. The van der Waals surface area contributed by atoms with Crippen LogP contribution < -0.4 is 9.46 Å². The largest absolute Gasteiger partial charge is 0.496 e. The Kier molecular flexibility index (Phi) is 4.26. The van der Waals surface area contributed by atoms with Gasteiger partial charge >= 0.3 is 0 Å². The van der Waals surface area contributed by atoms with Gasteiger partial charge in [-0.2, -0.15) is 0 Å². The van der Waals surface area contributed by atoms with Crippen molar-refractivity contribution >= 4 is 15.7 Å². The summed E-state index contributed by atoms with van der Waals surface area (Å²) in [7, 11) is -2.13. The molecule has 7 heteroatoms. The maximum absolute atomic E-state index is 12.6. The molecular formula is C17H17N3O3S. The number of H-pyrrole nitrogens is 1. The van der Waals surface area contributed by atoms with Gasteiger partial charge in [-0.25, -0.2) is 13.4 Å². The molecule has 2 N–H and O–H groups in total. The molecule has 24 heavy (non-hydrogen) atoms. The lowest BCUT2D eigenvalue weighted by Gasteiger charge is -2.11. The highest BCUT2D eigenvalue weighted by Gasteiger charge is 2.16. The van der Waals surface area contributed by atoms with Gasteiger partial charge in [-0.15, -0.1) is 0 Å². The number of aromatic nitrogens is 2. The summed E-state index contributed by atoms with van der Waals surface area (Å²) < 4.78 is 32.9. The second kappa shape index (κ2) is 6.37. The fourth-order valence-electron chi connectivity index (χ4n) is 2.40. The van der Waals surface area contributed by atoms with Crippen LogP contribution in [0.3, 0.4) is 0 Å². The van der Waals surface area contributed by atoms with Gasteiger partial charge in [0, 0.05) is 11.3 Å². The Hall–Kier alpha value is -2.80. The summed E-state index contributed by atoms with van der Waals surface area (Å²) in [5.41, 5.74) is 2.90. The van der Waals surface area contributed by atoms with E-state index in [4.69, 9.17) is 4.74 Å². The molecular weight excluding hydrogens is 326 g/mol. The first kappa shape index (κ1) is 16.1. The van der Waals surface area contributed by atoms with Crippen LogP contribution >= 0.6 is 0 Å². The second-order valence-corrected chi connectivity index (χ2v) is 6.97. The molecule has 0 radical (unpaired) electrons. The van der Waals surface area contributed by atoms with Gasteiger partial charge in [0.1, 0.15) is 5.75 Å². The van der Waals surface area contributed by atoms with E-state index in [-0.39, 0.29) is 4.90 Å². The number of sulfonamides is 1. The number of hydrogen-bond acceptors (Lipinski definition) is 4. The van der Waals surface area contributed by atoms with Gasteiger partial charge < -0.3 is 9.72 Å². The van der Waals surface area contributed by atoms with Gasteiger partial charge in [-0.3, -0.25) is 4.72 Å². The Morgan fingerprint density at radius 1 is 1.17 bits per heavy atom. The third-order valence-corrected chi connectivity index (χ3v) is 4.98. The standard InChI is InChI=1S/C17H17N3O3S/c1-12-8-15(6-7-17(12)23-2)24(21,22)20-14-5-3-4-13(9-14)16-10-18-11-19-16/h3-11,20H,1-2H3,(H,18,19). The Morgan fingerprint density at radius 3 is 2.67 bits per heavy atom. The van der Waals surface area contributed by atoms with Crippen molar-refractivity contribution in [2.75, 3.05) is 11.8 Å². The Bertz CT molecular complexity index is 951. The summed E-state index contributed by atoms with van der Waals surface area (Å²) >= 11 is 0. The monoisotopic (exact) mass is 343 g/mol. The molecule has 0 fully saturated rings. The van der Waals surface area contributed by atoms with Crippen LogP contribution in [-0.2, 0) is 10.0 Å². The molecule has 3 aromatic rings. The number of nitrogens with zero attached hydrogens (tertiary/aromatic N) is 1. The average molecular weight is 343 g/mol. The lowest BCUT2D eigenvalue weighted by Crippen LogP contribution is -2.13. The number of nitrogens with one attached hydrogen (secondary N) is 2. The average Bonchev–Trinajstić information content (AvgIpc) is 3.09. The minimum atomic E-state index is -3.68. The lowest BCUT2D eigenvalue weighted by atomic mass is 10.1. The smallest absolute Gasteiger partial charge is 0.261 e. The summed E-state index contributed by atoms with van der Waals surface area (Å²) in [6.45, 7) is 1.80. The summed E-state index contributed by atoms with van der Waals surface area (Å²) in [5.74, 6) is 0.648. The number of methoxy groups -OCH3 is 1. The molecule has 0 amide bonds. The Balaban J connectivity index is 1.90. The highest BCUT2D eigenvalue weighted by atomic mass is 32.2. The molecule has 2 aromatic carbocycles. The predicted molar refractivity (Wildman–Crippen MR) is 92.6 cm³/mol. The molecule has 1 aromatic heterocycles. The minimum Gasteiger partial charge on any atom is -0.496 e. The molecule has 0 unspecified atom stereocenters. The molecule has 0 bridgehead atoms. The van der Waals surface area contributed by atoms with Crippen molar-refractivity contribution in [1.82, 2.24) is 9.97 Å². The number of rotatable bonds is 5. The highest BCUT2D eigenvalue weighted by molar-refractivity contribution is 7.92. The van der Waals surface area contributed by atoms with Crippen LogP contribution in [0.5, 0.6) is 5.75 Å². The van der Waals surface area contributed by atoms with E-state index in [2.05, 4.69) is 14.7 Å². The molecule has 1 heterocycles. The van der Waals surface area contributed by atoms with Crippen LogP contribution in [0.4, 0.5) is 5.69 Å². The number of hydrogen-bond donors (Lipinski definition) is 2. The van der Waals surface area contributed by atoms with Crippen molar-refractivity contribution in [3.63, 3.8) is 0 Å². The highest BCUT2D eigenvalue weighted by Crippen LogP contribution is 2.25. The van der Waals surface area contributed by atoms with E-state index in [9.17, 15) is 8.42 Å². The SMILES string of the molecule is COc1ccc(S(=O)(=O)Nc2cccc(-c3cnc[nH]3)c2)cc1C. The van der Waals surface area contributed by atoms with Crippen LogP contribution in [0.15, 0.2) is 59.9 Å². The van der Waals surface area contributed by atoms with Gasteiger partial charge in [-0.1, -0.05) is 12.1 Å². The van der Waals surface area contributed by atoms with Crippen molar-refractivity contribution in [3.05, 3.63) is 60.6 Å². The fourth-order valence-corrected chi connectivity index (χ4v) is 3.53. The molecule has 124 valence electrons. The van der Waals surface area contributed by atoms with E-state index in [0.717, 1.165) is 16.8 Å². The van der Waals surface area contributed by atoms with E-state index < -0.39 is 10.0 Å². The van der Waals surface area contributed by atoms with Crippen molar-refractivity contribution in [2.24, 2.45) is 0 Å². The zero-order valence-electron chi connectivity index (χ0n) is 13.3. The molecule has 0 aliphatic heterocycles. The van der Waals surface area contributed by atoms with E-state index in [0.29, 0.717) is 11.4 Å². The van der Waals surface area contributed by atoms with E-state index in [1.54, 1.807) is 56.9 Å². The van der Waals surface area contributed by atoms with E-state index in [1.807, 2.05) is 6.07 Å². The van der Waals surface area contributed by atoms with E-state index in [1.165, 1.54) is 6.07 Å². The van der Waals surface area contributed by atoms with Gasteiger partial charge in [-0.05, 0) is 42.8 Å². The Labute approximate surface area is 140 Å². The second-order valence-electron chi connectivity index (χ2n) is 5.28. The van der Waals surface area contributed by atoms with Crippen molar-refractivity contribution in [1.29, 1.82) is 0 Å². The number of aryl methyl sites for hydroxylation is 1. The molecule has 0 atom stereocenters. The summed E-state index contributed by atoms with van der Waals surface area (Å²) in [6.07, 6.45) is 3.26. The third-order valence-electron chi connectivity index (χ3n) is 3.60. The van der Waals surface area contributed by atoms with Crippen molar-refractivity contribution in [3.8, 4) is 17.0 Å². The molecule has 0 saturated carbocycles. The van der Waals surface area contributed by atoms with E-state index >= 15 is 0 Å². The number of benzene rings is 2. The van der Waals surface area contributed by atoms with Crippen LogP contribution in [0.25, 0.3) is 11.3 Å². The first-order chi connectivity index (χ1) is 11.5. The lowest BCUT2D eigenvalue weighted by molar-refractivity contribution is 0.411. The number of aromatic amines is 1. The topological polar surface area (TPSA) is 84.1 Å². The van der Waals surface area contributed by atoms with Crippen LogP contribution in [0.1, 0.15) is 5.56 Å².